The Morgan fingerprint density at radius 2 is 2.16 bits per heavy atom. The highest BCUT2D eigenvalue weighted by molar-refractivity contribution is 5.84. The van der Waals surface area contributed by atoms with Crippen molar-refractivity contribution < 1.29 is 19.4 Å². The number of rotatable bonds is 3. The number of anilines is 1. The molecule has 7 heteroatoms. The molecule has 5 rings (SSSR count). The molecule has 0 unspecified atom stereocenters. The highest BCUT2D eigenvalue weighted by Crippen LogP contribution is 2.54. The average molecular weight is 428 g/mol. The number of piperidine rings is 1. The van der Waals surface area contributed by atoms with Crippen molar-refractivity contribution in [2.75, 3.05) is 39.2 Å². The predicted molar refractivity (Wildman–Crippen MR) is 119 cm³/mol. The molecule has 2 fully saturated rings. The number of aliphatic hydroxyl groups excluding tert-OH is 1. The molecule has 4 aliphatic rings. The SMILES string of the molecule is COc1ccc2c(c1)NCC1=C2CCN2C[C@@]3(C)C[C@@H](O)[C@H](OC)[C@@H](C(N)=O)[C@H]3C[C@H]12. The van der Waals surface area contributed by atoms with E-state index in [9.17, 15) is 9.90 Å². The number of nitrogens with one attached hydrogen (secondary N) is 1. The molecule has 6 atom stereocenters. The van der Waals surface area contributed by atoms with E-state index >= 15 is 0 Å². The Hall–Kier alpha value is -2.09. The molecule has 1 aliphatic carbocycles. The van der Waals surface area contributed by atoms with Crippen LogP contribution in [0.4, 0.5) is 5.69 Å². The first-order valence-electron chi connectivity index (χ1n) is 11.2. The van der Waals surface area contributed by atoms with Gasteiger partial charge >= 0.3 is 0 Å². The molecule has 0 aromatic heterocycles. The second-order valence-electron chi connectivity index (χ2n) is 9.90. The van der Waals surface area contributed by atoms with Crippen LogP contribution in [0.15, 0.2) is 23.8 Å². The van der Waals surface area contributed by atoms with Gasteiger partial charge in [-0.2, -0.15) is 0 Å². The number of carbonyl (C=O) groups is 1. The zero-order valence-electron chi connectivity index (χ0n) is 18.6. The largest absolute Gasteiger partial charge is 0.497 e. The van der Waals surface area contributed by atoms with Crippen LogP contribution in [0.5, 0.6) is 5.75 Å². The van der Waals surface area contributed by atoms with Gasteiger partial charge in [-0.25, -0.2) is 0 Å². The molecule has 3 aliphatic heterocycles. The van der Waals surface area contributed by atoms with E-state index in [2.05, 4.69) is 29.3 Å². The zero-order chi connectivity index (χ0) is 21.9. The number of methoxy groups -OCH3 is 2. The monoisotopic (exact) mass is 427 g/mol. The standard InChI is InChI=1S/C24H33N3O4/c1-24-10-20(28)22(31-3)21(23(25)29)17(24)9-19-16-11-26-18-8-13(30-2)4-5-15(18)14(16)6-7-27(19)12-24/h4-5,8,17,19-22,26,28H,6-7,9-12H2,1-3H3,(H2,25,29)/t17-,19-,20-,21+,22+,24-/m1/s1. The zero-order valence-corrected chi connectivity index (χ0v) is 18.6. The van der Waals surface area contributed by atoms with E-state index in [1.165, 1.54) is 16.7 Å². The van der Waals surface area contributed by atoms with Crippen molar-refractivity contribution >= 4 is 17.2 Å². The van der Waals surface area contributed by atoms with Gasteiger partial charge in [-0.1, -0.05) is 6.92 Å². The fourth-order valence-corrected chi connectivity index (χ4v) is 6.88. The van der Waals surface area contributed by atoms with Crippen LogP contribution >= 0.6 is 0 Å². The number of carbonyl (C=O) groups excluding carboxylic acids is 1. The Labute approximate surface area is 183 Å². The molecule has 4 N–H and O–H groups in total. The van der Waals surface area contributed by atoms with Crippen LogP contribution in [0.3, 0.4) is 0 Å². The van der Waals surface area contributed by atoms with Gasteiger partial charge in [-0.15, -0.1) is 0 Å². The minimum Gasteiger partial charge on any atom is -0.497 e. The Balaban J connectivity index is 1.52. The highest BCUT2D eigenvalue weighted by Gasteiger charge is 2.57. The third-order valence-electron chi connectivity index (χ3n) is 8.28. The molecule has 3 heterocycles. The lowest BCUT2D eigenvalue weighted by molar-refractivity contribution is -0.172. The minimum atomic E-state index is -0.668. The van der Waals surface area contributed by atoms with Gasteiger partial charge in [0.25, 0.3) is 0 Å². The Morgan fingerprint density at radius 3 is 2.87 bits per heavy atom. The topological polar surface area (TPSA) is 97.1 Å². The fourth-order valence-electron chi connectivity index (χ4n) is 6.88. The van der Waals surface area contributed by atoms with Crippen LogP contribution in [0, 0.1) is 17.3 Å². The third-order valence-corrected chi connectivity index (χ3v) is 8.28. The molecule has 0 radical (unpaired) electrons. The number of fused-ring (bicyclic) bond motifs is 5. The van der Waals surface area contributed by atoms with E-state index < -0.39 is 18.1 Å². The summed E-state index contributed by atoms with van der Waals surface area (Å²) in [5, 5.41) is 14.3. The number of nitrogens with zero attached hydrogens (tertiary/aromatic N) is 1. The summed E-state index contributed by atoms with van der Waals surface area (Å²) in [5.74, 6) is 0.111. The van der Waals surface area contributed by atoms with Gasteiger partial charge in [0.1, 0.15) is 5.75 Å². The van der Waals surface area contributed by atoms with Crippen LogP contribution < -0.4 is 15.8 Å². The first-order valence-corrected chi connectivity index (χ1v) is 11.2. The van der Waals surface area contributed by atoms with Gasteiger partial charge in [0, 0.05) is 50.1 Å². The lowest BCUT2D eigenvalue weighted by Gasteiger charge is -2.59. The third kappa shape index (κ3) is 3.17. The number of nitrogens with two attached hydrogens (primary N) is 1. The van der Waals surface area contributed by atoms with Crippen LogP contribution in [0.2, 0.25) is 0 Å². The van der Waals surface area contributed by atoms with E-state index in [4.69, 9.17) is 15.2 Å². The second kappa shape index (κ2) is 7.50. The Morgan fingerprint density at radius 1 is 1.35 bits per heavy atom. The molecule has 1 amide bonds. The van der Waals surface area contributed by atoms with Crippen LogP contribution in [-0.2, 0) is 9.53 Å². The van der Waals surface area contributed by atoms with Crippen molar-refractivity contribution in [1.29, 1.82) is 0 Å². The van der Waals surface area contributed by atoms with Gasteiger partial charge in [0.15, 0.2) is 0 Å². The summed E-state index contributed by atoms with van der Waals surface area (Å²) < 4.78 is 11.0. The van der Waals surface area contributed by atoms with E-state index in [0.717, 1.165) is 43.9 Å². The maximum absolute atomic E-state index is 12.5. The van der Waals surface area contributed by atoms with Crippen molar-refractivity contribution in [3.05, 3.63) is 29.3 Å². The minimum absolute atomic E-state index is 0.0868. The number of ether oxygens (including phenoxy) is 2. The van der Waals surface area contributed by atoms with Crippen LogP contribution in [0.1, 0.15) is 31.7 Å². The number of hydrogen-bond donors (Lipinski definition) is 3. The summed E-state index contributed by atoms with van der Waals surface area (Å²) in [7, 11) is 3.26. The normalized spacial score (nSPS) is 37.1. The lowest BCUT2D eigenvalue weighted by atomic mass is 9.55. The van der Waals surface area contributed by atoms with Gasteiger partial charge in [0.2, 0.25) is 5.91 Å². The average Bonchev–Trinajstić information content (AvgIpc) is 2.75. The number of amides is 1. The summed E-state index contributed by atoms with van der Waals surface area (Å²) >= 11 is 0. The van der Waals surface area contributed by atoms with Crippen molar-refractivity contribution in [1.82, 2.24) is 4.90 Å². The van der Waals surface area contributed by atoms with Crippen molar-refractivity contribution in [3.8, 4) is 5.75 Å². The molecular weight excluding hydrogens is 394 g/mol. The molecule has 7 nitrogen and oxygen atoms in total. The smallest absolute Gasteiger partial charge is 0.223 e. The molecule has 1 aromatic rings. The summed E-state index contributed by atoms with van der Waals surface area (Å²) in [5.41, 5.74) is 11.0. The molecule has 168 valence electrons. The van der Waals surface area contributed by atoms with Crippen LogP contribution in [0.25, 0.3) is 5.57 Å². The van der Waals surface area contributed by atoms with Crippen molar-refractivity contribution in [2.45, 2.75) is 44.4 Å². The summed E-state index contributed by atoms with van der Waals surface area (Å²) in [6.07, 6.45) is 1.31. The highest BCUT2D eigenvalue weighted by atomic mass is 16.5. The fraction of sp³-hybridized carbons (Fsp3) is 0.625. The van der Waals surface area contributed by atoms with Crippen LogP contribution in [-0.4, -0.2) is 68.0 Å². The first kappa shape index (κ1) is 20.8. The molecule has 1 saturated heterocycles. The molecule has 31 heavy (non-hydrogen) atoms. The number of aliphatic hydroxyl groups is 1. The molecular formula is C24H33N3O4. The van der Waals surface area contributed by atoms with Crippen molar-refractivity contribution in [3.63, 3.8) is 0 Å². The predicted octanol–water partition coefficient (Wildman–Crippen LogP) is 1.86. The summed E-state index contributed by atoms with van der Waals surface area (Å²) in [6.45, 7) is 4.87. The van der Waals surface area contributed by atoms with E-state index in [0.29, 0.717) is 6.42 Å². The van der Waals surface area contributed by atoms with E-state index in [-0.39, 0.29) is 23.3 Å². The molecule has 1 saturated carbocycles. The molecule has 1 aromatic carbocycles. The van der Waals surface area contributed by atoms with Crippen molar-refractivity contribution in [2.24, 2.45) is 23.0 Å². The Bertz CT molecular complexity index is 931. The maximum Gasteiger partial charge on any atom is 0.223 e. The maximum atomic E-state index is 12.5. The number of hydrogen-bond acceptors (Lipinski definition) is 6. The molecule has 0 bridgehead atoms. The van der Waals surface area contributed by atoms with Gasteiger partial charge in [-0.05, 0) is 53.9 Å². The summed E-state index contributed by atoms with van der Waals surface area (Å²) in [6, 6.07) is 6.52. The first-order chi connectivity index (χ1) is 14.9. The molecule has 0 spiro atoms. The number of benzene rings is 1. The van der Waals surface area contributed by atoms with Gasteiger partial charge in [0.05, 0.1) is 25.2 Å². The quantitative estimate of drug-likeness (QED) is 0.681. The summed E-state index contributed by atoms with van der Waals surface area (Å²) in [4.78, 5) is 15.1. The Kier molecular flexibility index (Phi) is 5.03. The van der Waals surface area contributed by atoms with Gasteiger partial charge in [-0.3, -0.25) is 9.69 Å². The lowest BCUT2D eigenvalue weighted by Crippen LogP contribution is -2.64. The van der Waals surface area contributed by atoms with E-state index in [1.54, 1.807) is 14.2 Å². The van der Waals surface area contributed by atoms with Gasteiger partial charge < -0.3 is 25.6 Å². The second-order valence-corrected chi connectivity index (χ2v) is 9.90. The number of primary amides is 1. The van der Waals surface area contributed by atoms with E-state index in [1.807, 2.05) is 6.07 Å².